The zero-order valence-corrected chi connectivity index (χ0v) is 13.8. The van der Waals surface area contributed by atoms with E-state index in [0.717, 1.165) is 22.4 Å². The number of hydrogen-bond donors (Lipinski definition) is 2. The molecule has 0 radical (unpaired) electrons. The highest BCUT2D eigenvalue weighted by Crippen LogP contribution is 2.24. The van der Waals surface area contributed by atoms with E-state index in [1.165, 1.54) is 0 Å². The lowest BCUT2D eigenvalue weighted by Gasteiger charge is -2.22. The third-order valence-corrected chi connectivity index (χ3v) is 3.75. The number of ether oxygens (including phenoxy) is 1. The van der Waals surface area contributed by atoms with Gasteiger partial charge in [-0.25, -0.2) is 0 Å². The van der Waals surface area contributed by atoms with Gasteiger partial charge >= 0.3 is 0 Å². The molecule has 0 spiro atoms. The first-order valence-corrected chi connectivity index (χ1v) is 7.96. The van der Waals surface area contributed by atoms with E-state index in [9.17, 15) is 10.2 Å². The first-order chi connectivity index (χ1) is 11.1. The van der Waals surface area contributed by atoms with E-state index < -0.39 is 0 Å². The first kappa shape index (κ1) is 17.3. The fourth-order valence-electron chi connectivity index (χ4n) is 2.60. The van der Waals surface area contributed by atoms with Gasteiger partial charge in [0.1, 0.15) is 11.5 Å². The molecule has 0 fully saturated rings. The first-order valence-electron chi connectivity index (χ1n) is 7.96. The highest BCUT2D eigenvalue weighted by molar-refractivity contribution is 5.39. The zero-order valence-electron chi connectivity index (χ0n) is 13.8. The maximum absolute atomic E-state index is 10.2. The number of phenolic OH excluding ortho intramolecular Hbond substituents is 1. The van der Waals surface area contributed by atoms with E-state index in [4.69, 9.17) is 4.74 Å². The largest absolute Gasteiger partial charge is 0.507 e. The van der Waals surface area contributed by atoms with Crippen molar-refractivity contribution in [3.8, 4) is 11.5 Å². The second-order valence-electron chi connectivity index (χ2n) is 5.60. The van der Waals surface area contributed by atoms with Crippen LogP contribution < -0.4 is 4.74 Å². The van der Waals surface area contributed by atoms with Gasteiger partial charge in [-0.05, 0) is 37.1 Å². The topological polar surface area (TPSA) is 52.9 Å². The number of rotatable bonds is 8. The Balaban J connectivity index is 2.12. The van der Waals surface area contributed by atoms with Crippen LogP contribution in [0.1, 0.15) is 23.6 Å². The van der Waals surface area contributed by atoms with Gasteiger partial charge in [-0.2, -0.15) is 0 Å². The molecule has 0 heterocycles. The average Bonchev–Trinajstić information content (AvgIpc) is 2.53. The van der Waals surface area contributed by atoms with Crippen molar-refractivity contribution in [1.82, 2.24) is 4.90 Å². The number of hydrogen-bond acceptors (Lipinski definition) is 4. The third-order valence-electron chi connectivity index (χ3n) is 3.75. The molecule has 2 N–H and O–H groups in total. The summed E-state index contributed by atoms with van der Waals surface area (Å²) in [6.07, 6.45) is 0. The summed E-state index contributed by atoms with van der Waals surface area (Å²) in [4.78, 5) is 2.11. The Morgan fingerprint density at radius 2 is 1.87 bits per heavy atom. The third kappa shape index (κ3) is 4.98. The molecule has 0 amide bonds. The van der Waals surface area contributed by atoms with Gasteiger partial charge in [0, 0.05) is 25.2 Å². The van der Waals surface area contributed by atoms with Crippen molar-refractivity contribution in [2.75, 3.05) is 19.8 Å². The molecule has 4 nitrogen and oxygen atoms in total. The molecule has 2 aromatic carbocycles. The van der Waals surface area contributed by atoms with Gasteiger partial charge in [0.25, 0.3) is 0 Å². The summed E-state index contributed by atoms with van der Waals surface area (Å²) >= 11 is 0. The number of para-hydroxylation sites is 1. The predicted molar refractivity (Wildman–Crippen MR) is 91.7 cm³/mol. The highest BCUT2D eigenvalue weighted by Gasteiger charge is 2.11. The van der Waals surface area contributed by atoms with E-state index in [1.807, 2.05) is 56.3 Å². The van der Waals surface area contributed by atoms with Crippen LogP contribution in [0.2, 0.25) is 0 Å². The molecule has 0 aliphatic heterocycles. The molecule has 0 saturated carbocycles. The number of benzene rings is 2. The van der Waals surface area contributed by atoms with Crippen LogP contribution in [0.5, 0.6) is 11.5 Å². The monoisotopic (exact) mass is 315 g/mol. The number of nitrogens with zero attached hydrogens (tertiary/aromatic N) is 1. The minimum absolute atomic E-state index is 0.0811. The molecule has 124 valence electrons. The van der Waals surface area contributed by atoms with Crippen molar-refractivity contribution < 1.29 is 14.9 Å². The molecule has 0 aromatic heterocycles. The molecule has 0 bridgehead atoms. The Labute approximate surface area is 138 Å². The molecule has 0 saturated heterocycles. The number of aliphatic hydroxyl groups is 1. The maximum Gasteiger partial charge on any atom is 0.122 e. The van der Waals surface area contributed by atoms with E-state index in [-0.39, 0.29) is 6.61 Å². The van der Waals surface area contributed by atoms with Gasteiger partial charge in [-0.3, -0.25) is 4.90 Å². The van der Waals surface area contributed by atoms with Crippen LogP contribution in [-0.4, -0.2) is 34.9 Å². The van der Waals surface area contributed by atoms with Gasteiger partial charge in [0.05, 0.1) is 13.2 Å². The Morgan fingerprint density at radius 1 is 1.09 bits per heavy atom. The van der Waals surface area contributed by atoms with Crippen molar-refractivity contribution in [2.24, 2.45) is 0 Å². The van der Waals surface area contributed by atoms with E-state index >= 15 is 0 Å². The smallest absolute Gasteiger partial charge is 0.122 e. The van der Waals surface area contributed by atoms with Crippen molar-refractivity contribution in [2.45, 2.75) is 26.9 Å². The standard InChI is InChI=1S/C19H25NO3/c1-3-23-18-9-5-7-16(12-18)13-20(10-11-21)14-17-8-4-6-15(2)19(17)22/h4-9,12,21-22H,3,10-11,13-14H2,1-2H3. The fourth-order valence-corrected chi connectivity index (χ4v) is 2.60. The summed E-state index contributed by atoms with van der Waals surface area (Å²) in [6, 6.07) is 13.7. The maximum atomic E-state index is 10.2. The van der Waals surface area contributed by atoms with Gasteiger partial charge < -0.3 is 14.9 Å². The molecule has 23 heavy (non-hydrogen) atoms. The van der Waals surface area contributed by atoms with Crippen molar-refractivity contribution >= 4 is 0 Å². The van der Waals surface area contributed by atoms with Gasteiger partial charge in [-0.15, -0.1) is 0 Å². The number of aliphatic hydroxyl groups excluding tert-OH is 1. The normalized spacial score (nSPS) is 11.0. The van der Waals surface area contributed by atoms with Crippen molar-refractivity contribution in [1.29, 1.82) is 0 Å². The second-order valence-corrected chi connectivity index (χ2v) is 5.60. The fraction of sp³-hybridized carbons (Fsp3) is 0.368. The summed E-state index contributed by atoms with van der Waals surface area (Å²) in [7, 11) is 0. The molecular weight excluding hydrogens is 290 g/mol. The molecule has 0 unspecified atom stereocenters. The van der Waals surface area contributed by atoms with Crippen LogP contribution in [0.4, 0.5) is 0 Å². The lowest BCUT2D eigenvalue weighted by molar-refractivity contribution is 0.183. The second kappa shape index (κ2) is 8.56. The quantitative estimate of drug-likeness (QED) is 0.786. The van der Waals surface area contributed by atoms with Gasteiger partial charge in [0.2, 0.25) is 0 Å². The SMILES string of the molecule is CCOc1cccc(CN(CCO)Cc2cccc(C)c2O)c1. The van der Waals surface area contributed by atoms with Crippen LogP contribution in [0.15, 0.2) is 42.5 Å². The molecule has 0 atom stereocenters. The lowest BCUT2D eigenvalue weighted by Crippen LogP contribution is -2.26. The van der Waals surface area contributed by atoms with Crippen LogP contribution in [0, 0.1) is 6.92 Å². The summed E-state index contributed by atoms with van der Waals surface area (Å²) in [5, 5.41) is 19.5. The minimum atomic E-state index is 0.0811. The lowest BCUT2D eigenvalue weighted by atomic mass is 10.1. The summed E-state index contributed by atoms with van der Waals surface area (Å²) in [6.45, 7) is 6.40. The van der Waals surface area contributed by atoms with Crippen molar-refractivity contribution in [3.63, 3.8) is 0 Å². The molecule has 4 heteroatoms. The highest BCUT2D eigenvalue weighted by atomic mass is 16.5. The van der Waals surface area contributed by atoms with E-state index in [1.54, 1.807) is 0 Å². The molecule has 0 aliphatic carbocycles. The van der Waals surface area contributed by atoms with Gasteiger partial charge in [0.15, 0.2) is 0 Å². The van der Waals surface area contributed by atoms with Crippen LogP contribution in [0.25, 0.3) is 0 Å². The van der Waals surface area contributed by atoms with Crippen LogP contribution in [0.3, 0.4) is 0 Å². The molecule has 2 rings (SSSR count). The Morgan fingerprint density at radius 3 is 2.61 bits per heavy atom. The van der Waals surface area contributed by atoms with E-state index in [2.05, 4.69) is 4.90 Å². The molecule has 0 aliphatic rings. The zero-order chi connectivity index (χ0) is 16.7. The summed E-state index contributed by atoms with van der Waals surface area (Å²) in [5.41, 5.74) is 2.86. The van der Waals surface area contributed by atoms with Crippen LogP contribution >= 0.6 is 0 Å². The number of aromatic hydroxyl groups is 1. The number of aryl methyl sites for hydroxylation is 1. The predicted octanol–water partition coefficient (Wildman–Crippen LogP) is 3.09. The van der Waals surface area contributed by atoms with Crippen molar-refractivity contribution in [3.05, 3.63) is 59.2 Å². The molecule has 2 aromatic rings. The Kier molecular flexibility index (Phi) is 6.44. The average molecular weight is 315 g/mol. The van der Waals surface area contributed by atoms with Crippen LogP contribution in [-0.2, 0) is 13.1 Å². The minimum Gasteiger partial charge on any atom is -0.507 e. The Bertz CT molecular complexity index is 628. The van der Waals surface area contributed by atoms with Gasteiger partial charge in [-0.1, -0.05) is 30.3 Å². The summed E-state index contributed by atoms with van der Waals surface area (Å²) < 4.78 is 5.53. The molecular formula is C19H25NO3. The summed E-state index contributed by atoms with van der Waals surface area (Å²) in [5.74, 6) is 1.19. The van der Waals surface area contributed by atoms with E-state index in [0.29, 0.717) is 32.0 Å². The Hall–Kier alpha value is -2.04. The number of phenols is 1.